The molecule has 9 fully saturated rings. The van der Waals surface area contributed by atoms with Gasteiger partial charge in [-0.2, -0.15) is 0 Å². The van der Waals surface area contributed by atoms with Gasteiger partial charge >= 0.3 is 75.5 Å². The zero-order valence-corrected chi connectivity index (χ0v) is 78.7. The van der Waals surface area contributed by atoms with Gasteiger partial charge in [0.15, 0.2) is 0 Å². The van der Waals surface area contributed by atoms with Gasteiger partial charge in [0.25, 0.3) is 0 Å². The Morgan fingerprint density at radius 1 is 0.443 bits per heavy atom. The van der Waals surface area contributed by atoms with Crippen LogP contribution in [-0.4, -0.2) is 70.2 Å². The van der Waals surface area contributed by atoms with E-state index in [-0.39, 0.29) is 94.7 Å². The van der Waals surface area contributed by atoms with Gasteiger partial charge in [-0.05, 0) is 343 Å². The van der Waals surface area contributed by atoms with Gasteiger partial charge in [-0.15, -0.1) is 0 Å². The second-order valence-corrected chi connectivity index (χ2v) is 44.3. The van der Waals surface area contributed by atoms with E-state index in [0.717, 1.165) is 128 Å². The molecule has 12 aliphatic carbocycles. The van der Waals surface area contributed by atoms with E-state index in [9.17, 15) is 29.1 Å². The van der Waals surface area contributed by atoms with Gasteiger partial charge in [0, 0.05) is 35.5 Å². The fourth-order valence-corrected chi connectivity index (χ4v) is 29.3. The van der Waals surface area contributed by atoms with Crippen molar-refractivity contribution in [3.05, 3.63) is 34.9 Å². The fourth-order valence-electron chi connectivity index (χ4n) is 27.2. The predicted octanol–water partition coefficient (Wildman–Crippen LogP) is 17.1. The molecular weight excluding hydrogens is 1400 g/mol. The Balaban J connectivity index is 0.000000211. The van der Waals surface area contributed by atoms with Crippen LogP contribution in [0.5, 0.6) is 0 Å². The molecule has 0 amide bonds. The van der Waals surface area contributed by atoms with Gasteiger partial charge in [-0.25, -0.2) is 4.57 Å². The van der Waals surface area contributed by atoms with Crippen LogP contribution in [0.25, 0.3) is 0 Å². The van der Waals surface area contributed by atoms with E-state index in [1.807, 2.05) is 25.0 Å². The molecule has 0 heterocycles. The quantitative estimate of drug-likeness (QED) is 0.0529. The SMILES string of the molecule is CC(C)C(CC[C@@H](C)[C@H]1CC[C@H]2[C@@H]3CC=C4C[C@@H](O)CC[C@]4(C)[C@H]3CC[C@]12C)OP(=O)([O-])[O-].CC(C)[C@@H](O)CC[C@@H](C)[C@H]1CC[C@H]2[C@@H]3CC=C4C[C@@H](C)CC[C@]4(C)[C@H]3CC[C@]12C.COP(=O)(OC)OC(CC[C@@H](C)[C@H]1CC[C@H]2[C@@H]3CC=C4C[C@@H](C)CC[C@]4(C)[C@H]3CC[C@]12C)C(C)C.COP(OC)OC.[Na+].[Na+]. The van der Waals surface area contributed by atoms with E-state index in [1.165, 1.54) is 161 Å². The van der Waals surface area contributed by atoms with E-state index in [0.29, 0.717) is 57.2 Å². The smallest absolute Gasteiger partial charge is 0.790 e. The number of phosphoric ester groups is 2. The van der Waals surface area contributed by atoms with Crippen molar-refractivity contribution in [3.8, 4) is 0 Å². The third kappa shape index (κ3) is 20.7. The summed E-state index contributed by atoms with van der Waals surface area (Å²) in [7, 11) is -2.05. The summed E-state index contributed by atoms with van der Waals surface area (Å²) in [5.74, 6) is 14.4. The molecule has 18 heteroatoms. The molecule has 13 nitrogen and oxygen atoms in total. The first kappa shape index (κ1) is 94.8. The van der Waals surface area contributed by atoms with Gasteiger partial charge in [0.05, 0.1) is 32.2 Å². The Hall–Kier alpha value is 1.67. The minimum Gasteiger partial charge on any atom is -0.790 e. The zero-order valence-electron chi connectivity index (χ0n) is 72.0. The standard InChI is InChI=1S/C30H53O4P.C28H48O.C27H47O5P.C3H9O3P.2Na/c1-20(2)28(34-35(31,32-7)33-8)14-9-22(4)25-12-13-26-24-11-10-23-19-21(3)15-17-29(23,5)27(24)16-18-30(25,26)6;1-18(2)26(29)12-7-20(4)23-10-11-24-22-9-8-21-17-19(3)13-15-27(21,5)25(22)14-16-28(23,24)6;1-17(2)25(32-33(29,30)31)11-6-18(3)22-9-10-23-21-8-7-19-16-20(28)12-14-26(19,4)24(21)13-15-27(22,23)5;1-4-7(5-2)6-3;;/h10,20-22,24-28H,9,11-19H2,1-8H3;8,18-20,22-26,29H,7,9-17H2,1-6H3;7,17-18,20-25,28H,6,8-16H2,1-5H3,(H2,29,30,31);1-3H3;;/q;;;;2*+1/p-2/t21-,22+,24-,25+,26-,27-,28?,29-,30+;19-,20+,22-,23+,24-,25-,26-,27-,28+;18-,20+,21+,22-,23+,24+,25?,26+,27-;;;/m001.../s1. The second kappa shape index (κ2) is 39.5. The van der Waals surface area contributed by atoms with Crippen LogP contribution in [0.3, 0.4) is 0 Å². The summed E-state index contributed by atoms with van der Waals surface area (Å²) in [6, 6.07) is 0. The molecule has 9 saturated carbocycles. The maximum atomic E-state index is 12.6. The first-order valence-corrected chi connectivity index (χ1v) is 46.8. The third-order valence-electron chi connectivity index (χ3n) is 33.5. The fraction of sp³-hybridized carbons (Fsp3) is 0.932. The molecule has 602 valence electrons. The molecule has 27 atom stereocenters. The van der Waals surface area contributed by atoms with Crippen molar-refractivity contribution in [2.45, 2.75) is 335 Å². The van der Waals surface area contributed by atoms with Crippen molar-refractivity contribution in [2.24, 2.45) is 151 Å². The number of allylic oxidation sites excluding steroid dienone is 5. The maximum absolute atomic E-state index is 12.6. The monoisotopic (exact) mass is 1560 g/mol. The maximum Gasteiger partial charge on any atom is 1.00 e. The molecule has 0 aromatic rings. The van der Waals surface area contributed by atoms with Crippen LogP contribution >= 0.6 is 24.2 Å². The van der Waals surface area contributed by atoms with Crippen molar-refractivity contribution >= 4 is 24.2 Å². The largest absolute Gasteiger partial charge is 1.00 e. The molecule has 0 spiro atoms. The van der Waals surface area contributed by atoms with Crippen molar-refractivity contribution < 1.29 is 120 Å². The summed E-state index contributed by atoms with van der Waals surface area (Å²) < 4.78 is 58.7. The molecule has 0 radical (unpaired) electrons. The first-order chi connectivity index (χ1) is 48.8. The Kier molecular flexibility index (Phi) is 35.3. The minimum absolute atomic E-state index is 0. The third-order valence-corrected chi connectivity index (χ3v) is 36.3. The van der Waals surface area contributed by atoms with E-state index < -0.39 is 30.4 Å². The van der Waals surface area contributed by atoms with Crippen LogP contribution in [-0.2, 0) is 40.8 Å². The molecule has 2 N–H and O–H groups in total. The number of aliphatic hydroxyl groups excluding tert-OH is 2. The number of hydrogen-bond donors (Lipinski definition) is 2. The van der Waals surface area contributed by atoms with Gasteiger partial charge in [0.2, 0.25) is 0 Å². The normalized spacial score (nSPS) is 40.3. The number of hydrogen-bond acceptors (Lipinski definition) is 13. The summed E-state index contributed by atoms with van der Waals surface area (Å²) in [4.78, 5) is 22.4. The summed E-state index contributed by atoms with van der Waals surface area (Å²) in [6.45, 7) is 40.3. The van der Waals surface area contributed by atoms with Crippen LogP contribution in [0.15, 0.2) is 34.9 Å². The van der Waals surface area contributed by atoms with Crippen molar-refractivity contribution in [1.82, 2.24) is 0 Å². The van der Waals surface area contributed by atoms with Crippen LogP contribution in [0, 0.1) is 151 Å². The van der Waals surface area contributed by atoms with Gasteiger partial charge in [-0.1, -0.05) is 153 Å². The summed E-state index contributed by atoms with van der Waals surface area (Å²) in [5, 5.41) is 20.6. The summed E-state index contributed by atoms with van der Waals surface area (Å²) in [6.07, 6.45) is 44.6. The molecule has 0 saturated heterocycles. The molecule has 106 heavy (non-hydrogen) atoms. The molecule has 0 aliphatic heterocycles. The van der Waals surface area contributed by atoms with Gasteiger partial charge in [0.1, 0.15) is 0 Å². The van der Waals surface area contributed by atoms with Crippen LogP contribution in [0.4, 0.5) is 0 Å². The number of aliphatic hydroxyl groups is 2. The van der Waals surface area contributed by atoms with E-state index in [4.69, 9.17) is 18.1 Å². The molecule has 0 aromatic carbocycles. The molecule has 0 bridgehead atoms. The average Bonchev–Trinajstić information content (AvgIpc) is 1.50. The molecule has 0 aromatic heterocycles. The Morgan fingerprint density at radius 3 is 1.08 bits per heavy atom. The van der Waals surface area contributed by atoms with Crippen LogP contribution < -0.4 is 68.9 Å². The van der Waals surface area contributed by atoms with Crippen LogP contribution in [0.2, 0.25) is 0 Å². The van der Waals surface area contributed by atoms with Gasteiger partial charge < -0.3 is 42.7 Å². The average molecular weight is 1560 g/mol. The number of rotatable bonds is 24. The number of fused-ring (bicyclic) bond motifs is 15. The summed E-state index contributed by atoms with van der Waals surface area (Å²) >= 11 is 0. The first-order valence-electron chi connectivity index (χ1n) is 42.8. The number of phosphoric acid groups is 2. The molecular formula is C88H155Na2O13P3. The second-order valence-electron chi connectivity index (χ2n) is 39.8. The van der Waals surface area contributed by atoms with Crippen molar-refractivity contribution in [1.29, 1.82) is 0 Å². The van der Waals surface area contributed by atoms with Gasteiger partial charge in [-0.3, -0.25) is 13.6 Å². The van der Waals surface area contributed by atoms with E-state index >= 15 is 0 Å². The van der Waals surface area contributed by atoms with E-state index in [1.54, 1.807) is 21.3 Å². The van der Waals surface area contributed by atoms with Crippen molar-refractivity contribution in [2.75, 3.05) is 35.5 Å². The van der Waals surface area contributed by atoms with E-state index in [2.05, 4.69) is 136 Å². The zero-order chi connectivity index (χ0) is 76.5. The molecule has 12 aliphatic rings. The Bertz CT molecular complexity index is 2940. The Labute approximate surface area is 694 Å². The predicted molar refractivity (Wildman–Crippen MR) is 423 cm³/mol. The van der Waals surface area contributed by atoms with Crippen LogP contribution in [0.1, 0.15) is 310 Å². The Morgan fingerprint density at radius 2 is 0.774 bits per heavy atom. The topological polar surface area (TPSA) is 185 Å². The summed E-state index contributed by atoms with van der Waals surface area (Å²) in [5.41, 5.74) is 7.81. The minimum atomic E-state index is -4.96. The van der Waals surface area contributed by atoms with Crippen molar-refractivity contribution in [3.63, 3.8) is 0 Å². The molecule has 12 rings (SSSR count). The molecule has 2 unspecified atom stereocenters.